The van der Waals surface area contributed by atoms with Crippen LogP contribution in [0.1, 0.15) is 42.8 Å². The van der Waals surface area contributed by atoms with Gasteiger partial charge in [-0.05, 0) is 51.3 Å². The second-order valence-corrected chi connectivity index (χ2v) is 8.73. The number of nitrogens with zero attached hydrogens (tertiary/aromatic N) is 2. The van der Waals surface area contributed by atoms with Crippen LogP contribution in [0, 0.1) is 13.8 Å². The molecule has 2 aliphatic rings. The highest BCUT2D eigenvalue weighted by Crippen LogP contribution is 2.32. The summed E-state index contributed by atoms with van der Waals surface area (Å²) in [7, 11) is 0. The highest BCUT2D eigenvalue weighted by Gasteiger charge is 2.21. The minimum atomic E-state index is -0.121. The lowest BCUT2D eigenvalue weighted by Gasteiger charge is -2.21. The van der Waals surface area contributed by atoms with Gasteiger partial charge in [0.15, 0.2) is 16.7 Å². The Balaban J connectivity index is 1.35. The zero-order chi connectivity index (χ0) is 21.1. The number of rotatable bonds is 7. The van der Waals surface area contributed by atoms with E-state index < -0.39 is 0 Å². The summed E-state index contributed by atoms with van der Waals surface area (Å²) >= 11 is 1.47. The third kappa shape index (κ3) is 4.75. The standard InChI is InChI=1S/C22H29N3O4S/c1-14-16(3)25(12-18-5-4-8-27-18)22(24-14)30-13-21(26)23-15(2)17-6-7-19-20(11-17)29-10-9-28-19/h6-7,11,15,18H,4-5,8-10,12-13H2,1-3H3,(H,23,26). The summed E-state index contributed by atoms with van der Waals surface area (Å²) < 4.78 is 19.2. The molecule has 1 aromatic carbocycles. The van der Waals surface area contributed by atoms with Crippen molar-refractivity contribution in [2.75, 3.05) is 25.6 Å². The van der Waals surface area contributed by atoms with Crippen LogP contribution in [-0.4, -0.2) is 47.1 Å². The van der Waals surface area contributed by atoms with Gasteiger partial charge in [-0.1, -0.05) is 17.8 Å². The summed E-state index contributed by atoms with van der Waals surface area (Å²) in [6.07, 6.45) is 2.43. The van der Waals surface area contributed by atoms with Crippen LogP contribution in [0.3, 0.4) is 0 Å². The van der Waals surface area contributed by atoms with Crippen molar-refractivity contribution < 1.29 is 19.0 Å². The van der Waals surface area contributed by atoms with Crippen molar-refractivity contribution in [1.29, 1.82) is 0 Å². The van der Waals surface area contributed by atoms with Gasteiger partial charge in [0.1, 0.15) is 13.2 Å². The summed E-state index contributed by atoms with van der Waals surface area (Å²) in [5.41, 5.74) is 3.13. The SMILES string of the molecule is Cc1nc(SCC(=O)NC(C)c2ccc3c(c2)OCCO3)n(CC2CCCO2)c1C. The van der Waals surface area contributed by atoms with E-state index in [1.165, 1.54) is 11.8 Å². The van der Waals surface area contributed by atoms with Crippen molar-refractivity contribution in [3.63, 3.8) is 0 Å². The van der Waals surface area contributed by atoms with Gasteiger partial charge in [0.25, 0.3) is 0 Å². The molecule has 30 heavy (non-hydrogen) atoms. The molecule has 2 aromatic rings. The lowest BCUT2D eigenvalue weighted by atomic mass is 10.1. The summed E-state index contributed by atoms with van der Waals surface area (Å²) in [5, 5.41) is 3.95. The number of hydrogen-bond donors (Lipinski definition) is 1. The van der Waals surface area contributed by atoms with Gasteiger partial charge in [0, 0.05) is 12.3 Å². The van der Waals surface area contributed by atoms with E-state index in [9.17, 15) is 4.79 Å². The van der Waals surface area contributed by atoms with Crippen molar-refractivity contribution in [2.45, 2.75) is 57.5 Å². The van der Waals surface area contributed by atoms with Gasteiger partial charge < -0.3 is 24.1 Å². The van der Waals surface area contributed by atoms with Gasteiger partial charge in [-0.15, -0.1) is 0 Å². The van der Waals surface area contributed by atoms with Crippen LogP contribution in [0.2, 0.25) is 0 Å². The first-order valence-corrected chi connectivity index (χ1v) is 11.5. The average molecular weight is 432 g/mol. The number of fused-ring (bicyclic) bond motifs is 1. The number of thioether (sulfide) groups is 1. The van der Waals surface area contributed by atoms with Crippen LogP contribution >= 0.6 is 11.8 Å². The van der Waals surface area contributed by atoms with Crippen LogP contribution in [0.15, 0.2) is 23.4 Å². The van der Waals surface area contributed by atoms with Crippen molar-refractivity contribution >= 4 is 17.7 Å². The number of benzene rings is 1. The molecule has 1 N–H and O–H groups in total. The Morgan fingerprint density at radius 2 is 2.07 bits per heavy atom. The first kappa shape index (κ1) is 21.1. The number of nitrogens with one attached hydrogen (secondary N) is 1. The molecule has 0 bridgehead atoms. The second kappa shape index (κ2) is 9.31. The number of carbonyl (C=O) groups is 1. The van der Waals surface area contributed by atoms with E-state index in [2.05, 4.69) is 21.8 Å². The van der Waals surface area contributed by atoms with E-state index in [0.717, 1.165) is 59.6 Å². The second-order valence-electron chi connectivity index (χ2n) is 7.79. The molecule has 1 aromatic heterocycles. The molecule has 162 valence electrons. The lowest BCUT2D eigenvalue weighted by Crippen LogP contribution is -2.28. The van der Waals surface area contributed by atoms with Gasteiger partial charge in [-0.2, -0.15) is 0 Å². The number of imidazole rings is 1. The summed E-state index contributed by atoms with van der Waals surface area (Å²) in [6, 6.07) is 5.68. The molecule has 3 heterocycles. The maximum Gasteiger partial charge on any atom is 0.230 e. The Bertz CT molecular complexity index is 908. The zero-order valence-electron chi connectivity index (χ0n) is 17.8. The normalized spacial score (nSPS) is 19.0. The molecule has 1 amide bonds. The van der Waals surface area contributed by atoms with E-state index in [-0.39, 0.29) is 18.1 Å². The fourth-order valence-corrected chi connectivity index (χ4v) is 4.68. The van der Waals surface area contributed by atoms with Crippen LogP contribution in [0.5, 0.6) is 11.5 Å². The predicted molar refractivity (Wildman–Crippen MR) is 115 cm³/mol. The molecule has 8 heteroatoms. The molecule has 0 saturated carbocycles. The predicted octanol–water partition coefficient (Wildman–Crippen LogP) is 3.42. The Morgan fingerprint density at radius 3 is 2.83 bits per heavy atom. The largest absolute Gasteiger partial charge is 0.486 e. The molecule has 1 saturated heterocycles. The highest BCUT2D eigenvalue weighted by atomic mass is 32.2. The van der Waals surface area contributed by atoms with Gasteiger partial charge >= 0.3 is 0 Å². The van der Waals surface area contributed by atoms with E-state index >= 15 is 0 Å². The first-order valence-electron chi connectivity index (χ1n) is 10.5. The molecular weight excluding hydrogens is 402 g/mol. The van der Waals surface area contributed by atoms with Crippen molar-refractivity contribution in [3.8, 4) is 11.5 Å². The molecule has 2 atom stereocenters. The number of aromatic nitrogens is 2. The number of hydrogen-bond acceptors (Lipinski definition) is 6. The summed E-state index contributed by atoms with van der Waals surface area (Å²) in [4.78, 5) is 17.3. The number of amides is 1. The molecule has 0 spiro atoms. The first-order chi connectivity index (χ1) is 14.5. The molecule has 4 rings (SSSR count). The maximum absolute atomic E-state index is 12.6. The van der Waals surface area contributed by atoms with Crippen molar-refractivity contribution in [2.24, 2.45) is 0 Å². The van der Waals surface area contributed by atoms with Crippen molar-refractivity contribution in [1.82, 2.24) is 14.9 Å². The van der Waals surface area contributed by atoms with Gasteiger partial charge in [-0.25, -0.2) is 4.98 Å². The number of ether oxygens (including phenoxy) is 3. The third-order valence-corrected chi connectivity index (χ3v) is 6.59. The fraction of sp³-hybridized carbons (Fsp3) is 0.545. The van der Waals surface area contributed by atoms with Gasteiger partial charge in [-0.3, -0.25) is 4.79 Å². The number of aryl methyl sites for hydroxylation is 1. The zero-order valence-corrected chi connectivity index (χ0v) is 18.6. The number of carbonyl (C=O) groups excluding carboxylic acids is 1. The van der Waals surface area contributed by atoms with Crippen molar-refractivity contribution in [3.05, 3.63) is 35.2 Å². The maximum atomic E-state index is 12.6. The fourth-order valence-electron chi connectivity index (χ4n) is 3.77. The minimum absolute atomic E-state index is 0.0237. The van der Waals surface area contributed by atoms with Gasteiger partial charge in [0.05, 0.1) is 30.1 Å². The lowest BCUT2D eigenvalue weighted by molar-refractivity contribution is -0.119. The Kier molecular flexibility index (Phi) is 6.53. The Morgan fingerprint density at radius 1 is 1.27 bits per heavy atom. The molecule has 0 radical (unpaired) electrons. The van der Waals surface area contributed by atoms with E-state index in [0.29, 0.717) is 19.0 Å². The summed E-state index contributed by atoms with van der Waals surface area (Å²) in [5.74, 6) is 1.78. The van der Waals surface area contributed by atoms with Gasteiger partial charge in [0.2, 0.25) is 5.91 Å². The van der Waals surface area contributed by atoms with Crippen LogP contribution in [0.4, 0.5) is 0 Å². The third-order valence-electron chi connectivity index (χ3n) is 5.61. The average Bonchev–Trinajstić information content (AvgIpc) is 3.36. The topological polar surface area (TPSA) is 74.6 Å². The molecule has 0 aliphatic carbocycles. The molecular formula is C22H29N3O4S. The minimum Gasteiger partial charge on any atom is -0.486 e. The highest BCUT2D eigenvalue weighted by molar-refractivity contribution is 7.99. The smallest absolute Gasteiger partial charge is 0.230 e. The quantitative estimate of drug-likeness (QED) is 0.677. The van der Waals surface area contributed by atoms with Crippen LogP contribution < -0.4 is 14.8 Å². The summed E-state index contributed by atoms with van der Waals surface area (Å²) in [6.45, 7) is 8.80. The Hall–Kier alpha value is -2.19. The molecule has 2 unspecified atom stereocenters. The molecule has 1 fully saturated rings. The molecule has 2 aliphatic heterocycles. The van der Waals surface area contributed by atoms with Crippen LogP contribution in [0.25, 0.3) is 0 Å². The van der Waals surface area contributed by atoms with E-state index in [1.807, 2.05) is 32.0 Å². The monoisotopic (exact) mass is 431 g/mol. The van der Waals surface area contributed by atoms with Crippen LogP contribution in [-0.2, 0) is 16.1 Å². The van der Waals surface area contributed by atoms with E-state index in [4.69, 9.17) is 14.2 Å². The van der Waals surface area contributed by atoms with E-state index in [1.54, 1.807) is 0 Å². The molecule has 7 nitrogen and oxygen atoms in total. The Labute approximate surface area is 181 Å².